The third kappa shape index (κ3) is 3.99. The summed E-state index contributed by atoms with van der Waals surface area (Å²) in [5.74, 6) is 1.53. The number of nitrogens with zero attached hydrogens (tertiary/aromatic N) is 3. The molecule has 27 heavy (non-hydrogen) atoms. The van der Waals surface area contributed by atoms with Gasteiger partial charge >= 0.3 is 0 Å². The highest BCUT2D eigenvalue weighted by molar-refractivity contribution is 9.10. The smallest absolute Gasteiger partial charge is 0.206 e. The molecule has 0 aliphatic carbocycles. The Hall–Kier alpha value is -2.38. The molecular formula is C20H18BrN3O2S. The van der Waals surface area contributed by atoms with Crippen molar-refractivity contribution >= 4 is 33.5 Å². The summed E-state index contributed by atoms with van der Waals surface area (Å²) in [7, 11) is 0. The zero-order valence-electron chi connectivity index (χ0n) is 14.8. The van der Waals surface area contributed by atoms with Crippen molar-refractivity contribution in [3.8, 4) is 22.8 Å². The lowest BCUT2D eigenvalue weighted by Gasteiger charge is -2.18. The molecule has 5 nitrogen and oxygen atoms in total. The predicted molar refractivity (Wildman–Crippen MR) is 112 cm³/mol. The number of rotatable bonds is 4. The first-order chi connectivity index (χ1) is 13.2. The third-order valence-electron chi connectivity index (χ3n) is 3.99. The molecule has 0 saturated heterocycles. The Labute approximate surface area is 169 Å². The first-order valence-corrected chi connectivity index (χ1v) is 10.3. The maximum absolute atomic E-state index is 5.65. The van der Waals surface area contributed by atoms with Gasteiger partial charge in [0.25, 0.3) is 0 Å². The molecule has 0 spiro atoms. The molecule has 1 aromatic heterocycles. The standard InChI is InChI=1S/C20H18BrN3O2S/c1-2-22-20-24(17(13-27-20)15-4-3-5-16(21)11-15)23-12-14-6-7-18-19(10-14)26-9-8-25-18/h3-7,10-13H,2,8-9H2,1H3/b22-20?,23-12-. The van der Waals surface area contributed by atoms with Crippen LogP contribution in [-0.2, 0) is 0 Å². The molecular weight excluding hydrogens is 426 g/mol. The van der Waals surface area contributed by atoms with E-state index in [1.807, 2.05) is 48.1 Å². The first-order valence-electron chi connectivity index (χ1n) is 8.65. The molecule has 3 aromatic rings. The molecule has 0 fully saturated rings. The number of benzene rings is 2. The average Bonchev–Trinajstić information content (AvgIpc) is 3.09. The van der Waals surface area contributed by atoms with Gasteiger partial charge in [0.05, 0.1) is 11.9 Å². The molecule has 0 unspecified atom stereocenters. The van der Waals surface area contributed by atoms with E-state index >= 15 is 0 Å². The maximum Gasteiger partial charge on any atom is 0.206 e. The van der Waals surface area contributed by atoms with Crippen molar-refractivity contribution in [2.45, 2.75) is 6.92 Å². The summed E-state index contributed by atoms with van der Waals surface area (Å²) in [6.07, 6.45) is 1.82. The van der Waals surface area contributed by atoms with E-state index in [0.29, 0.717) is 19.8 Å². The van der Waals surface area contributed by atoms with E-state index in [2.05, 4.69) is 38.4 Å². The van der Waals surface area contributed by atoms with Crippen LogP contribution in [0.2, 0.25) is 0 Å². The van der Waals surface area contributed by atoms with E-state index in [9.17, 15) is 0 Å². The van der Waals surface area contributed by atoms with E-state index in [4.69, 9.17) is 14.6 Å². The number of fused-ring (bicyclic) bond motifs is 1. The van der Waals surface area contributed by atoms with Gasteiger partial charge in [-0.15, -0.1) is 11.3 Å². The van der Waals surface area contributed by atoms with E-state index in [0.717, 1.165) is 37.6 Å². The third-order valence-corrected chi connectivity index (χ3v) is 5.33. The number of ether oxygens (including phenoxy) is 2. The monoisotopic (exact) mass is 443 g/mol. The fourth-order valence-corrected chi connectivity index (χ4v) is 4.07. The summed E-state index contributed by atoms with van der Waals surface area (Å²) < 4.78 is 14.1. The van der Waals surface area contributed by atoms with Gasteiger partial charge in [-0.1, -0.05) is 28.1 Å². The van der Waals surface area contributed by atoms with Crippen LogP contribution in [0.15, 0.2) is 62.4 Å². The Bertz CT molecular complexity index is 1060. The number of hydrogen-bond acceptors (Lipinski definition) is 5. The van der Waals surface area contributed by atoms with Gasteiger partial charge < -0.3 is 9.47 Å². The van der Waals surface area contributed by atoms with Gasteiger partial charge in [0, 0.05) is 22.0 Å². The van der Waals surface area contributed by atoms with Crippen molar-refractivity contribution in [1.29, 1.82) is 0 Å². The number of halogens is 1. The van der Waals surface area contributed by atoms with Gasteiger partial charge in [-0.3, -0.25) is 4.99 Å². The summed E-state index contributed by atoms with van der Waals surface area (Å²) in [6.45, 7) is 3.88. The molecule has 0 amide bonds. The Morgan fingerprint density at radius 1 is 1.15 bits per heavy atom. The zero-order valence-corrected chi connectivity index (χ0v) is 17.2. The Morgan fingerprint density at radius 3 is 2.81 bits per heavy atom. The van der Waals surface area contributed by atoms with E-state index in [1.165, 1.54) is 0 Å². The molecule has 0 saturated carbocycles. The molecule has 0 atom stereocenters. The van der Waals surface area contributed by atoms with Gasteiger partial charge in [0.2, 0.25) is 4.80 Å². The van der Waals surface area contributed by atoms with Gasteiger partial charge in [0.1, 0.15) is 13.2 Å². The Balaban J connectivity index is 1.73. The molecule has 0 N–H and O–H groups in total. The van der Waals surface area contributed by atoms with E-state index in [-0.39, 0.29) is 0 Å². The molecule has 0 bridgehead atoms. The summed E-state index contributed by atoms with van der Waals surface area (Å²) in [5, 5.41) is 6.79. The number of thiazole rings is 1. The van der Waals surface area contributed by atoms with Gasteiger partial charge in [-0.05, 0) is 42.8 Å². The van der Waals surface area contributed by atoms with Crippen molar-refractivity contribution in [3.63, 3.8) is 0 Å². The molecule has 4 rings (SSSR count). The fourth-order valence-electron chi connectivity index (χ4n) is 2.77. The van der Waals surface area contributed by atoms with Crippen LogP contribution in [0.25, 0.3) is 11.3 Å². The highest BCUT2D eigenvalue weighted by atomic mass is 79.9. The summed E-state index contributed by atoms with van der Waals surface area (Å²) >= 11 is 5.12. The number of hydrogen-bond donors (Lipinski definition) is 0. The minimum absolute atomic E-state index is 0.569. The second-order valence-corrected chi connectivity index (χ2v) is 7.60. The van der Waals surface area contributed by atoms with E-state index < -0.39 is 0 Å². The van der Waals surface area contributed by atoms with Crippen molar-refractivity contribution in [2.75, 3.05) is 19.8 Å². The van der Waals surface area contributed by atoms with Crippen LogP contribution in [0.1, 0.15) is 12.5 Å². The Morgan fingerprint density at radius 2 is 2.00 bits per heavy atom. The molecule has 2 heterocycles. The van der Waals surface area contributed by atoms with Crippen LogP contribution in [0.4, 0.5) is 0 Å². The van der Waals surface area contributed by atoms with Crippen molar-refractivity contribution in [2.24, 2.45) is 10.1 Å². The molecule has 2 aromatic carbocycles. The summed E-state index contributed by atoms with van der Waals surface area (Å²) in [4.78, 5) is 5.43. The summed E-state index contributed by atoms with van der Waals surface area (Å²) in [6, 6.07) is 14.0. The molecule has 0 radical (unpaired) electrons. The topological polar surface area (TPSA) is 48.1 Å². The highest BCUT2D eigenvalue weighted by Gasteiger charge is 2.11. The average molecular weight is 444 g/mol. The van der Waals surface area contributed by atoms with Crippen LogP contribution in [0.5, 0.6) is 11.5 Å². The Kier molecular flexibility index (Phi) is 5.40. The number of aromatic nitrogens is 1. The predicted octanol–water partition coefficient (Wildman–Crippen LogP) is 4.55. The molecule has 138 valence electrons. The molecule has 1 aliphatic rings. The fraction of sp³-hybridized carbons (Fsp3) is 0.200. The van der Waals surface area contributed by atoms with Gasteiger partial charge in [-0.2, -0.15) is 5.10 Å². The van der Waals surface area contributed by atoms with E-state index in [1.54, 1.807) is 11.3 Å². The van der Waals surface area contributed by atoms with Crippen LogP contribution in [0, 0.1) is 0 Å². The van der Waals surface area contributed by atoms with Crippen LogP contribution in [0.3, 0.4) is 0 Å². The van der Waals surface area contributed by atoms with Crippen LogP contribution >= 0.6 is 27.3 Å². The lowest BCUT2D eigenvalue weighted by Crippen LogP contribution is -2.15. The summed E-state index contributed by atoms with van der Waals surface area (Å²) in [5.41, 5.74) is 3.03. The highest BCUT2D eigenvalue weighted by Crippen LogP contribution is 2.30. The SMILES string of the molecule is CCN=c1scc(-c2cccc(Br)c2)n1/N=C\c1ccc2c(c1)OCCO2. The van der Waals surface area contributed by atoms with Crippen LogP contribution < -0.4 is 14.3 Å². The van der Waals surface area contributed by atoms with Gasteiger partial charge in [-0.25, -0.2) is 4.68 Å². The minimum atomic E-state index is 0.569. The van der Waals surface area contributed by atoms with Crippen molar-refractivity contribution in [3.05, 3.63) is 62.7 Å². The normalized spacial score (nSPS) is 14.1. The quantitative estimate of drug-likeness (QED) is 0.555. The zero-order chi connectivity index (χ0) is 18.6. The lowest BCUT2D eigenvalue weighted by atomic mass is 10.2. The van der Waals surface area contributed by atoms with Crippen LogP contribution in [-0.4, -0.2) is 30.6 Å². The van der Waals surface area contributed by atoms with Crippen molar-refractivity contribution in [1.82, 2.24) is 4.68 Å². The first kappa shape index (κ1) is 18.0. The molecule has 1 aliphatic heterocycles. The second-order valence-electron chi connectivity index (χ2n) is 5.85. The lowest BCUT2D eigenvalue weighted by molar-refractivity contribution is 0.171. The van der Waals surface area contributed by atoms with Crippen molar-refractivity contribution < 1.29 is 9.47 Å². The second kappa shape index (κ2) is 8.10. The van der Waals surface area contributed by atoms with Gasteiger partial charge in [0.15, 0.2) is 11.5 Å². The largest absolute Gasteiger partial charge is 0.486 e. The molecule has 7 heteroatoms. The maximum atomic E-state index is 5.65. The minimum Gasteiger partial charge on any atom is -0.486 e.